The van der Waals surface area contributed by atoms with Gasteiger partial charge in [0, 0.05) is 18.8 Å². The number of halogens is 1. The van der Waals surface area contributed by atoms with Crippen molar-refractivity contribution < 1.29 is 9.13 Å². The van der Waals surface area contributed by atoms with Crippen molar-refractivity contribution in [3.63, 3.8) is 0 Å². The van der Waals surface area contributed by atoms with Crippen LogP contribution in [0.1, 0.15) is 30.5 Å². The minimum absolute atomic E-state index is 0.168. The van der Waals surface area contributed by atoms with Crippen LogP contribution in [0.25, 0.3) is 0 Å². The Morgan fingerprint density at radius 2 is 1.67 bits per heavy atom. The molecule has 0 amide bonds. The zero-order chi connectivity index (χ0) is 17.1. The molecule has 0 N–H and O–H groups in total. The molecule has 0 saturated carbocycles. The number of morpholine rings is 1. The molecule has 1 aliphatic rings. The fourth-order valence-corrected chi connectivity index (χ4v) is 3.45. The molecule has 1 heterocycles. The summed E-state index contributed by atoms with van der Waals surface area (Å²) in [7, 11) is 0. The van der Waals surface area contributed by atoms with Crippen molar-refractivity contribution in [2.45, 2.75) is 45.8 Å². The molecule has 2 aromatic carbocycles. The van der Waals surface area contributed by atoms with E-state index in [1.54, 1.807) is 12.1 Å². The predicted octanol–water partition coefficient (Wildman–Crippen LogP) is 4.53. The van der Waals surface area contributed by atoms with Gasteiger partial charge in [0.25, 0.3) is 0 Å². The van der Waals surface area contributed by atoms with Crippen LogP contribution in [0.4, 0.5) is 10.1 Å². The lowest BCUT2D eigenvalue weighted by Crippen LogP contribution is -2.45. The van der Waals surface area contributed by atoms with Crippen LogP contribution in [-0.2, 0) is 17.6 Å². The zero-order valence-corrected chi connectivity index (χ0v) is 14.8. The summed E-state index contributed by atoms with van der Waals surface area (Å²) < 4.78 is 19.7. The fraction of sp³-hybridized carbons (Fsp3) is 0.429. The van der Waals surface area contributed by atoms with E-state index in [9.17, 15) is 4.39 Å². The highest BCUT2D eigenvalue weighted by molar-refractivity contribution is 5.55. The normalized spacial score (nSPS) is 21.1. The Bertz CT molecular complexity index is 673. The van der Waals surface area contributed by atoms with E-state index in [0.29, 0.717) is 0 Å². The van der Waals surface area contributed by atoms with Gasteiger partial charge in [0.2, 0.25) is 0 Å². The Balaban J connectivity index is 1.79. The Morgan fingerprint density at radius 3 is 2.33 bits per heavy atom. The lowest BCUT2D eigenvalue weighted by Gasteiger charge is -2.38. The molecular formula is C21H26FNO. The molecule has 0 unspecified atom stereocenters. The molecule has 128 valence electrons. The summed E-state index contributed by atoms with van der Waals surface area (Å²) in [5.41, 5.74) is 4.82. The summed E-state index contributed by atoms with van der Waals surface area (Å²) in [6.45, 7) is 7.88. The van der Waals surface area contributed by atoms with Crippen LogP contribution in [0.2, 0.25) is 0 Å². The number of hydrogen-bond donors (Lipinski definition) is 0. The second-order valence-electron chi connectivity index (χ2n) is 6.92. The van der Waals surface area contributed by atoms with Crippen molar-refractivity contribution in [3.05, 3.63) is 65.0 Å². The second kappa shape index (κ2) is 7.35. The quantitative estimate of drug-likeness (QED) is 0.818. The second-order valence-corrected chi connectivity index (χ2v) is 6.92. The Labute approximate surface area is 144 Å². The van der Waals surface area contributed by atoms with E-state index in [-0.39, 0.29) is 18.0 Å². The largest absolute Gasteiger partial charge is 0.372 e. The molecule has 3 rings (SSSR count). The van der Waals surface area contributed by atoms with E-state index in [1.807, 2.05) is 6.07 Å². The maximum atomic E-state index is 13.8. The average molecular weight is 327 g/mol. The fourth-order valence-electron chi connectivity index (χ4n) is 3.45. The molecule has 2 nitrogen and oxygen atoms in total. The Kier molecular flexibility index (Phi) is 5.20. The molecule has 0 aromatic heterocycles. The molecular weight excluding hydrogens is 301 g/mol. The number of anilines is 1. The zero-order valence-electron chi connectivity index (χ0n) is 14.8. The third kappa shape index (κ3) is 4.15. The first-order chi connectivity index (χ1) is 11.5. The summed E-state index contributed by atoms with van der Waals surface area (Å²) in [4.78, 5) is 2.27. The van der Waals surface area contributed by atoms with Gasteiger partial charge in [0.05, 0.1) is 12.2 Å². The highest BCUT2D eigenvalue weighted by Gasteiger charge is 2.24. The molecule has 0 radical (unpaired) electrons. The number of benzene rings is 2. The third-order valence-electron chi connectivity index (χ3n) is 4.61. The summed E-state index contributed by atoms with van der Waals surface area (Å²) in [6, 6.07) is 13.8. The van der Waals surface area contributed by atoms with Crippen molar-refractivity contribution in [2.75, 3.05) is 18.0 Å². The monoisotopic (exact) mass is 327 g/mol. The lowest BCUT2D eigenvalue weighted by molar-refractivity contribution is -0.00527. The molecule has 24 heavy (non-hydrogen) atoms. The van der Waals surface area contributed by atoms with Gasteiger partial charge >= 0.3 is 0 Å². The molecule has 1 aliphatic heterocycles. The molecule has 1 fully saturated rings. The van der Waals surface area contributed by atoms with Crippen molar-refractivity contribution >= 4 is 5.69 Å². The van der Waals surface area contributed by atoms with Gasteiger partial charge in [-0.2, -0.15) is 0 Å². The first-order valence-electron chi connectivity index (χ1n) is 8.75. The Morgan fingerprint density at radius 1 is 1.00 bits per heavy atom. The number of aryl methyl sites for hydroxylation is 3. The van der Waals surface area contributed by atoms with E-state index >= 15 is 0 Å². The van der Waals surface area contributed by atoms with E-state index < -0.39 is 0 Å². The molecule has 0 bridgehead atoms. The first-order valence-corrected chi connectivity index (χ1v) is 8.75. The lowest BCUT2D eigenvalue weighted by atomic mass is 10.0. The van der Waals surface area contributed by atoms with Gasteiger partial charge in [-0.05, 0) is 56.9 Å². The number of ether oxygens (including phenoxy) is 1. The van der Waals surface area contributed by atoms with Crippen molar-refractivity contribution in [2.24, 2.45) is 0 Å². The maximum Gasteiger partial charge on any atom is 0.125 e. The van der Waals surface area contributed by atoms with E-state index in [2.05, 4.69) is 49.9 Å². The summed E-state index contributed by atoms with van der Waals surface area (Å²) in [5.74, 6) is -0.170. The van der Waals surface area contributed by atoms with Crippen LogP contribution < -0.4 is 4.90 Å². The highest BCUT2D eigenvalue weighted by Crippen LogP contribution is 2.27. The summed E-state index contributed by atoms with van der Waals surface area (Å²) >= 11 is 0. The van der Waals surface area contributed by atoms with Gasteiger partial charge in [-0.25, -0.2) is 4.39 Å². The number of hydrogen-bond acceptors (Lipinski definition) is 2. The van der Waals surface area contributed by atoms with Gasteiger partial charge in [0.1, 0.15) is 5.82 Å². The molecule has 2 atom stereocenters. The minimum atomic E-state index is -0.170. The maximum absolute atomic E-state index is 13.8. The molecule has 0 aliphatic carbocycles. The number of nitrogens with zero attached hydrogens (tertiary/aromatic N) is 1. The van der Waals surface area contributed by atoms with E-state index in [0.717, 1.165) is 31.6 Å². The van der Waals surface area contributed by atoms with Gasteiger partial charge < -0.3 is 9.64 Å². The van der Waals surface area contributed by atoms with E-state index in [1.165, 1.54) is 16.7 Å². The first kappa shape index (κ1) is 17.0. The van der Waals surface area contributed by atoms with E-state index in [4.69, 9.17) is 4.74 Å². The predicted molar refractivity (Wildman–Crippen MR) is 97.2 cm³/mol. The molecule has 1 saturated heterocycles. The molecule has 3 heteroatoms. The van der Waals surface area contributed by atoms with Crippen LogP contribution >= 0.6 is 0 Å². The van der Waals surface area contributed by atoms with Crippen LogP contribution in [0, 0.1) is 12.7 Å². The highest BCUT2D eigenvalue weighted by atomic mass is 19.1. The van der Waals surface area contributed by atoms with Gasteiger partial charge in [-0.15, -0.1) is 0 Å². The summed E-state index contributed by atoms with van der Waals surface area (Å²) in [5, 5.41) is 0. The van der Waals surface area contributed by atoms with Gasteiger partial charge in [-0.3, -0.25) is 0 Å². The Hall–Kier alpha value is -1.87. The molecule has 2 aromatic rings. The van der Waals surface area contributed by atoms with Crippen LogP contribution in [0.3, 0.4) is 0 Å². The average Bonchev–Trinajstić information content (AvgIpc) is 2.54. The van der Waals surface area contributed by atoms with Gasteiger partial charge in [0.15, 0.2) is 0 Å². The molecule has 0 spiro atoms. The van der Waals surface area contributed by atoms with Crippen molar-refractivity contribution in [1.29, 1.82) is 0 Å². The van der Waals surface area contributed by atoms with Crippen LogP contribution in [0.5, 0.6) is 0 Å². The topological polar surface area (TPSA) is 12.5 Å². The van der Waals surface area contributed by atoms with Crippen LogP contribution in [0.15, 0.2) is 42.5 Å². The summed E-state index contributed by atoms with van der Waals surface area (Å²) in [6.07, 6.45) is 2.22. The SMILES string of the molecule is Cc1ccc(CCc2ccc(F)cc2N2C[C@@H](C)O[C@@H](C)C2)cc1. The van der Waals surface area contributed by atoms with Gasteiger partial charge in [-0.1, -0.05) is 35.9 Å². The number of rotatable bonds is 4. The minimum Gasteiger partial charge on any atom is -0.372 e. The standard InChI is InChI=1S/C21H26FNO/c1-15-4-6-18(7-5-15)8-9-19-10-11-20(22)12-21(19)23-13-16(2)24-17(3)14-23/h4-7,10-12,16-17H,8-9,13-14H2,1-3H3/t16-,17+. The van der Waals surface area contributed by atoms with Crippen molar-refractivity contribution in [1.82, 2.24) is 0 Å². The third-order valence-corrected chi connectivity index (χ3v) is 4.61. The smallest absolute Gasteiger partial charge is 0.125 e. The van der Waals surface area contributed by atoms with Crippen LogP contribution in [-0.4, -0.2) is 25.3 Å². The van der Waals surface area contributed by atoms with Crippen molar-refractivity contribution in [3.8, 4) is 0 Å².